The molecule has 0 nitrogen and oxygen atoms in total. The molecule has 1 aliphatic rings. The predicted octanol–water partition coefficient (Wildman–Crippen LogP) is 2.02. The van der Waals surface area contributed by atoms with Crippen LogP contribution in [0.2, 0.25) is 0 Å². The van der Waals surface area contributed by atoms with E-state index in [0.717, 1.165) is 0 Å². The van der Waals surface area contributed by atoms with Gasteiger partial charge in [0.1, 0.15) is 0 Å². The molecule has 0 N–H and O–H groups in total. The Kier molecular flexibility index (Phi) is 3.33. The first kappa shape index (κ1) is 9.08. The third-order valence-corrected chi connectivity index (χ3v) is 1.95. The molecule has 0 radical (unpaired) electrons. The number of hydrogen-bond donors (Lipinski definition) is 0. The van der Waals surface area contributed by atoms with Crippen LogP contribution in [0, 0.1) is 0 Å². The van der Waals surface area contributed by atoms with Crippen LogP contribution in [-0.4, -0.2) is 18.9 Å². The molecule has 1 rings (SSSR count). The predicted molar refractivity (Wildman–Crippen MR) is 43.9 cm³/mol. The van der Waals surface area contributed by atoms with Gasteiger partial charge in [0.05, 0.1) is 0 Å². The Morgan fingerprint density at radius 3 is 1.89 bits per heavy atom. The second-order valence-corrected chi connectivity index (χ2v) is 2.50. The molecule has 0 aromatic rings. The number of hydrogen-bond acceptors (Lipinski definition) is 0. The van der Waals surface area contributed by atoms with Gasteiger partial charge < -0.3 is 0 Å². The average Bonchev–Trinajstić information content (AvgIpc) is 1.98. The molecule has 0 heterocycles. The van der Waals surface area contributed by atoms with Crippen molar-refractivity contribution < 1.29 is 0 Å². The molecule has 0 atom stereocenters. The van der Waals surface area contributed by atoms with E-state index in [4.69, 9.17) is 0 Å². The van der Waals surface area contributed by atoms with Crippen molar-refractivity contribution in [2.75, 3.05) is 0 Å². The minimum absolute atomic E-state index is 0. The molecule has 0 spiro atoms. The van der Waals surface area contributed by atoms with E-state index >= 15 is 0 Å². The van der Waals surface area contributed by atoms with Crippen molar-refractivity contribution >= 4 is 18.9 Å². The molecular formula is C8H13Li. The van der Waals surface area contributed by atoms with Gasteiger partial charge in [0.15, 0.2) is 0 Å². The zero-order valence-corrected chi connectivity index (χ0v) is 5.78. The number of rotatable bonds is 0. The fraction of sp³-hybridized carbons (Fsp3) is 0.500. The fourth-order valence-electron chi connectivity index (χ4n) is 0.949. The van der Waals surface area contributed by atoms with Gasteiger partial charge in [0, 0.05) is 0 Å². The molecule has 0 saturated carbocycles. The second-order valence-electron chi connectivity index (χ2n) is 2.50. The molecular weight excluding hydrogens is 103 g/mol. The molecule has 0 unspecified atom stereocenters. The van der Waals surface area contributed by atoms with E-state index < -0.39 is 0 Å². The Morgan fingerprint density at radius 2 is 1.78 bits per heavy atom. The van der Waals surface area contributed by atoms with Crippen molar-refractivity contribution in [2.45, 2.75) is 27.2 Å². The molecule has 9 heavy (non-hydrogen) atoms. The minimum atomic E-state index is 0. The molecule has 1 heteroatoms. The van der Waals surface area contributed by atoms with Gasteiger partial charge in [0.25, 0.3) is 0 Å². The summed E-state index contributed by atoms with van der Waals surface area (Å²) in [4.78, 5) is 0. The van der Waals surface area contributed by atoms with Crippen LogP contribution in [0.1, 0.15) is 27.2 Å². The zero-order valence-electron chi connectivity index (χ0n) is 5.78. The van der Waals surface area contributed by atoms with E-state index in [1.54, 1.807) is 0 Å². The van der Waals surface area contributed by atoms with Crippen molar-refractivity contribution in [2.24, 2.45) is 0 Å². The second kappa shape index (κ2) is 3.30. The van der Waals surface area contributed by atoms with Gasteiger partial charge in [-0.2, -0.15) is 0 Å². The Balaban J connectivity index is 0.000000640. The maximum absolute atomic E-state index is 2.28. The molecule has 1 aliphatic carbocycles. The van der Waals surface area contributed by atoms with Gasteiger partial charge in [-0.05, 0) is 32.8 Å². The molecule has 0 fully saturated rings. The van der Waals surface area contributed by atoms with Gasteiger partial charge in [-0.15, -0.1) is 0 Å². The maximum atomic E-state index is 2.28. The Hall–Kier alpha value is 0.0774. The van der Waals surface area contributed by atoms with Crippen molar-refractivity contribution in [1.82, 2.24) is 0 Å². The molecule has 0 aliphatic heterocycles. The van der Waals surface area contributed by atoms with Gasteiger partial charge in [0.2, 0.25) is 0 Å². The van der Waals surface area contributed by atoms with E-state index in [1.165, 1.54) is 23.1 Å². The third kappa shape index (κ3) is 1.74. The van der Waals surface area contributed by atoms with Crippen LogP contribution >= 0.6 is 0 Å². The molecule has 0 saturated heterocycles. The summed E-state index contributed by atoms with van der Waals surface area (Å²) in [6.45, 7) is 6.56. The molecule has 0 aromatic heterocycles. The molecule has 0 bridgehead atoms. The van der Waals surface area contributed by atoms with Gasteiger partial charge in [-0.3, -0.25) is 0 Å². The van der Waals surface area contributed by atoms with E-state index in [2.05, 4.69) is 26.8 Å². The normalized spacial score (nSPS) is 17.4. The Morgan fingerprint density at radius 1 is 1.22 bits per heavy atom. The van der Waals surface area contributed by atoms with Crippen LogP contribution in [-0.2, 0) is 0 Å². The third-order valence-electron chi connectivity index (χ3n) is 1.95. The van der Waals surface area contributed by atoms with E-state index in [0.29, 0.717) is 0 Å². The zero-order chi connectivity index (χ0) is 6.15. The van der Waals surface area contributed by atoms with Crippen molar-refractivity contribution in [1.29, 1.82) is 0 Å². The van der Waals surface area contributed by atoms with Crippen molar-refractivity contribution in [3.8, 4) is 0 Å². The Labute approximate surface area is 69.2 Å². The van der Waals surface area contributed by atoms with E-state index in [9.17, 15) is 0 Å². The summed E-state index contributed by atoms with van der Waals surface area (Å²) in [5.74, 6) is 0. The van der Waals surface area contributed by atoms with E-state index in [-0.39, 0.29) is 18.9 Å². The standard InChI is InChI=1S/C8H12.Li.H/c1-6-4-5-7(2)8(6)3;;/h4H,5H2,1-3H3;;. The summed E-state index contributed by atoms with van der Waals surface area (Å²) >= 11 is 0. The van der Waals surface area contributed by atoms with E-state index in [1.807, 2.05) is 0 Å². The van der Waals surface area contributed by atoms with Gasteiger partial charge in [-0.25, -0.2) is 0 Å². The fourth-order valence-corrected chi connectivity index (χ4v) is 0.949. The first-order chi connectivity index (χ1) is 3.72. The molecule has 0 aromatic carbocycles. The van der Waals surface area contributed by atoms with Crippen LogP contribution in [0.3, 0.4) is 0 Å². The molecule has 46 valence electrons. The quantitative estimate of drug-likeness (QED) is 0.425. The summed E-state index contributed by atoms with van der Waals surface area (Å²) in [5, 5.41) is 0. The summed E-state index contributed by atoms with van der Waals surface area (Å²) < 4.78 is 0. The van der Waals surface area contributed by atoms with Crippen LogP contribution < -0.4 is 0 Å². The monoisotopic (exact) mass is 116 g/mol. The topological polar surface area (TPSA) is 0 Å². The van der Waals surface area contributed by atoms with Crippen molar-refractivity contribution in [3.63, 3.8) is 0 Å². The van der Waals surface area contributed by atoms with Gasteiger partial charge in [-0.1, -0.05) is 17.2 Å². The first-order valence-corrected chi connectivity index (χ1v) is 3.05. The van der Waals surface area contributed by atoms with Crippen LogP contribution in [0.5, 0.6) is 0 Å². The average molecular weight is 116 g/mol. The number of allylic oxidation sites excluding steroid dienone is 4. The summed E-state index contributed by atoms with van der Waals surface area (Å²) in [7, 11) is 0. The van der Waals surface area contributed by atoms with Crippen molar-refractivity contribution in [3.05, 3.63) is 22.8 Å². The van der Waals surface area contributed by atoms with Crippen LogP contribution in [0.25, 0.3) is 0 Å². The van der Waals surface area contributed by atoms with Crippen LogP contribution in [0.15, 0.2) is 22.8 Å². The SMILES string of the molecule is CC1=CCC(C)=C1C.[LiH]. The Bertz CT molecular complexity index is 158. The summed E-state index contributed by atoms with van der Waals surface area (Å²) in [6.07, 6.45) is 3.46. The van der Waals surface area contributed by atoms with Crippen LogP contribution in [0.4, 0.5) is 0 Å². The molecule has 0 amide bonds. The summed E-state index contributed by atoms with van der Waals surface area (Å²) in [5.41, 5.74) is 4.48. The summed E-state index contributed by atoms with van der Waals surface area (Å²) in [6, 6.07) is 0. The first-order valence-electron chi connectivity index (χ1n) is 3.05. The van der Waals surface area contributed by atoms with Gasteiger partial charge >= 0.3 is 18.9 Å².